The van der Waals surface area contributed by atoms with Gasteiger partial charge in [-0.25, -0.2) is 5.11 Å². The Hall–Kier alpha value is -3.52. The number of benzene rings is 2. The van der Waals surface area contributed by atoms with Crippen LogP contribution in [0, 0.1) is 6.92 Å². The fourth-order valence-electron chi connectivity index (χ4n) is 3.83. The third-order valence-electron chi connectivity index (χ3n) is 5.42. The molecule has 2 aliphatic heterocycles. The zero-order valence-electron chi connectivity index (χ0n) is 16.0. The standard InChI is InChI=1S/C22H19N3O5/c1-12-5-2-3-6-13(12)19(27)21(29)23-16-8-4-7-14-15(16)11-25(22(14)30)17-9-10-18(26)24-20(17)28/h2-8,17,19H,1,9-11H2,(H,23,29)(H,24,26,28). The summed E-state index contributed by atoms with van der Waals surface area (Å²) in [7, 11) is 0. The maximum absolute atomic E-state index is 12.8. The molecular formula is C22H19N3O5. The Morgan fingerprint density at radius 2 is 1.90 bits per heavy atom. The molecule has 2 unspecified atom stereocenters. The highest BCUT2D eigenvalue weighted by atomic mass is 16.3. The third kappa shape index (κ3) is 3.46. The summed E-state index contributed by atoms with van der Waals surface area (Å²) in [6.45, 7) is 3.88. The summed E-state index contributed by atoms with van der Waals surface area (Å²) in [6, 6.07) is 10.7. The van der Waals surface area contributed by atoms with Gasteiger partial charge < -0.3 is 10.2 Å². The lowest BCUT2D eigenvalue weighted by Gasteiger charge is -2.29. The molecule has 2 radical (unpaired) electrons. The Balaban J connectivity index is 1.56. The lowest BCUT2D eigenvalue weighted by atomic mass is 10.0. The Morgan fingerprint density at radius 1 is 1.13 bits per heavy atom. The first-order valence-electron chi connectivity index (χ1n) is 9.51. The molecule has 8 heteroatoms. The maximum Gasteiger partial charge on any atom is 0.261 e. The van der Waals surface area contributed by atoms with Crippen LogP contribution in [-0.2, 0) is 26.0 Å². The molecule has 2 aromatic carbocycles. The van der Waals surface area contributed by atoms with Gasteiger partial charge in [-0.15, -0.1) is 0 Å². The topological polar surface area (TPSA) is 115 Å². The van der Waals surface area contributed by atoms with Crippen molar-refractivity contribution in [3.63, 3.8) is 0 Å². The fraction of sp³-hybridized carbons (Fsp3) is 0.227. The van der Waals surface area contributed by atoms with E-state index >= 15 is 0 Å². The van der Waals surface area contributed by atoms with E-state index in [9.17, 15) is 24.3 Å². The lowest BCUT2D eigenvalue weighted by Crippen LogP contribution is -2.52. The van der Waals surface area contributed by atoms with Gasteiger partial charge in [0, 0.05) is 29.8 Å². The molecule has 1 fully saturated rings. The number of carbonyl (C=O) groups is 4. The SMILES string of the molecule is [CH2]c1ccccc1C([O])C(=O)Nc1cccc2c1CN(C1CCC(=O)NC1=O)C2=O. The molecule has 8 nitrogen and oxygen atoms in total. The second-order valence-corrected chi connectivity index (χ2v) is 7.30. The second-order valence-electron chi connectivity index (χ2n) is 7.30. The van der Waals surface area contributed by atoms with Crippen LogP contribution in [0.25, 0.3) is 0 Å². The second kappa shape index (κ2) is 7.72. The Morgan fingerprint density at radius 3 is 2.63 bits per heavy atom. The minimum Gasteiger partial charge on any atom is -0.323 e. The van der Waals surface area contributed by atoms with Gasteiger partial charge in [-0.3, -0.25) is 24.5 Å². The number of piperidine rings is 1. The third-order valence-corrected chi connectivity index (χ3v) is 5.42. The van der Waals surface area contributed by atoms with E-state index in [4.69, 9.17) is 0 Å². The van der Waals surface area contributed by atoms with Gasteiger partial charge in [0.25, 0.3) is 11.8 Å². The van der Waals surface area contributed by atoms with Gasteiger partial charge in [0.15, 0.2) is 6.10 Å². The van der Waals surface area contributed by atoms with Crippen LogP contribution in [0.3, 0.4) is 0 Å². The number of amides is 4. The van der Waals surface area contributed by atoms with Crippen molar-refractivity contribution in [1.82, 2.24) is 10.2 Å². The largest absolute Gasteiger partial charge is 0.323 e. The summed E-state index contributed by atoms with van der Waals surface area (Å²) < 4.78 is 0. The predicted octanol–water partition coefficient (Wildman–Crippen LogP) is 1.74. The molecule has 0 bridgehead atoms. The Kier molecular flexibility index (Phi) is 5.09. The van der Waals surface area contributed by atoms with Crippen molar-refractivity contribution in [3.05, 3.63) is 71.6 Å². The monoisotopic (exact) mass is 405 g/mol. The van der Waals surface area contributed by atoms with Crippen LogP contribution >= 0.6 is 0 Å². The number of hydrogen-bond acceptors (Lipinski definition) is 4. The molecule has 0 aromatic heterocycles. The number of nitrogens with zero attached hydrogens (tertiary/aromatic N) is 1. The van der Waals surface area contributed by atoms with Crippen molar-refractivity contribution in [2.24, 2.45) is 0 Å². The van der Waals surface area contributed by atoms with E-state index in [1.54, 1.807) is 42.5 Å². The number of carbonyl (C=O) groups excluding carboxylic acids is 4. The van der Waals surface area contributed by atoms with Crippen LogP contribution in [0.2, 0.25) is 0 Å². The van der Waals surface area contributed by atoms with Crippen LogP contribution in [0.1, 0.15) is 46.0 Å². The summed E-state index contributed by atoms with van der Waals surface area (Å²) >= 11 is 0. The molecule has 2 aromatic rings. The molecule has 4 rings (SSSR count). The number of anilines is 1. The number of hydrogen-bond donors (Lipinski definition) is 2. The summed E-state index contributed by atoms with van der Waals surface area (Å²) in [5.41, 5.74) is 2.00. The normalized spacial score (nSPS) is 19.3. The predicted molar refractivity (Wildman–Crippen MR) is 105 cm³/mol. The van der Waals surface area contributed by atoms with Gasteiger partial charge in [-0.05, 0) is 36.6 Å². The zero-order chi connectivity index (χ0) is 21.4. The van der Waals surface area contributed by atoms with E-state index in [1.807, 2.05) is 0 Å². The smallest absolute Gasteiger partial charge is 0.261 e. The molecular weight excluding hydrogens is 386 g/mol. The van der Waals surface area contributed by atoms with E-state index < -0.39 is 24.0 Å². The number of imide groups is 1. The fourth-order valence-corrected chi connectivity index (χ4v) is 3.83. The first kappa shape index (κ1) is 19.8. The van der Waals surface area contributed by atoms with Crippen LogP contribution in [0.5, 0.6) is 0 Å². The molecule has 2 N–H and O–H groups in total. The first-order chi connectivity index (χ1) is 14.4. The molecule has 1 saturated heterocycles. The number of nitrogens with one attached hydrogen (secondary N) is 2. The summed E-state index contributed by atoms with van der Waals surface area (Å²) in [4.78, 5) is 50.4. The lowest BCUT2D eigenvalue weighted by molar-refractivity contribution is -0.137. The van der Waals surface area contributed by atoms with Crippen LogP contribution in [0.4, 0.5) is 5.69 Å². The van der Waals surface area contributed by atoms with Gasteiger partial charge >= 0.3 is 0 Å². The maximum atomic E-state index is 12.8. The quantitative estimate of drug-likeness (QED) is 0.754. The molecule has 2 atom stereocenters. The zero-order valence-corrected chi connectivity index (χ0v) is 16.0. The first-order valence-corrected chi connectivity index (χ1v) is 9.51. The van der Waals surface area contributed by atoms with Crippen molar-refractivity contribution >= 4 is 29.3 Å². The summed E-state index contributed by atoms with van der Waals surface area (Å²) in [5.74, 6) is -1.98. The molecule has 2 heterocycles. The molecule has 2 aliphatic rings. The number of fused-ring (bicyclic) bond motifs is 1. The van der Waals surface area contributed by atoms with Gasteiger partial charge in [-0.1, -0.05) is 30.3 Å². The highest BCUT2D eigenvalue weighted by Gasteiger charge is 2.40. The molecule has 0 spiro atoms. The van der Waals surface area contributed by atoms with Gasteiger partial charge in [0.1, 0.15) is 6.04 Å². The van der Waals surface area contributed by atoms with Crippen molar-refractivity contribution in [1.29, 1.82) is 0 Å². The highest BCUT2D eigenvalue weighted by molar-refractivity contribution is 6.07. The Bertz CT molecular complexity index is 1060. The van der Waals surface area contributed by atoms with Gasteiger partial charge in [-0.2, -0.15) is 0 Å². The average Bonchev–Trinajstić information content (AvgIpc) is 3.05. The molecule has 0 saturated carbocycles. The van der Waals surface area contributed by atoms with Gasteiger partial charge in [0.2, 0.25) is 11.8 Å². The van der Waals surface area contributed by atoms with Crippen molar-refractivity contribution in [3.8, 4) is 0 Å². The minimum absolute atomic E-state index is 0.104. The van der Waals surface area contributed by atoms with Crippen LogP contribution in [-0.4, -0.2) is 34.6 Å². The minimum atomic E-state index is -1.67. The molecule has 30 heavy (non-hydrogen) atoms. The molecule has 4 amide bonds. The summed E-state index contributed by atoms with van der Waals surface area (Å²) in [6.07, 6.45) is -1.27. The average molecular weight is 405 g/mol. The van der Waals surface area contributed by atoms with E-state index in [0.29, 0.717) is 22.4 Å². The number of rotatable bonds is 4. The van der Waals surface area contributed by atoms with E-state index in [-0.39, 0.29) is 36.8 Å². The summed E-state index contributed by atoms with van der Waals surface area (Å²) in [5, 5.41) is 17.5. The van der Waals surface area contributed by atoms with E-state index in [0.717, 1.165) is 0 Å². The molecule has 0 aliphatic carbocycles. The van der Waals surface area contributed by atoms with Crippen molar-refractivity contribution < 1.29 is 24.3 Å². The van der Waals surface area contributed by atoms with E-state index in [2.05, 4.69) is 17.6 Å². The van der Waals surface area contributed by atoms with Crippen molar-refractivity contribution in [2.45, 2.75) is 31.5 Å². The Labute approximate surface area is 172 Å². The highest BCUT2D eigenvalue weighted by Crippen LogP contribution is 2.33. The molecule has 152 valence electrons. The van der Waals surface area contributed by atoms with Gasteiger partial charge in [0.05, 0.1) is 0 Å². The van der Waals surface area contributed by atoms with Crippen LogP contribution in [0.15, 0.2) is 42.5 Å². The van der Waals surface area contributed by atoms with Crippen LogP contribution < -0.4 is 10.6 Å². The van der Waals surface area contributed by atoms with Crippen molar-refractivity contribution in [2.75, 3.05) is 5.32 Å². The van der Waals surface area contributed by atoms with E-state index in [1.165, 1.54) is 4.90 Å².